The summed E-state index contributed by atoms with van der Waals surface area (Å²) in [6.45, 7) is 0. The molecule has 0 fully saturated rings. The van der Waals surface area contributed by atoms with Crippen LogP contribution in [0.5, 0.6) is 0 Å². The van der Waals surface area contributed by atoms with Crippen molar-refractivity contribution in [2.24, 2.45) is 0 Å². The highest BCUT2D eigenvalue weighted by atomic mass is 32.1. The van der Waals surface area contributed by atoms with Gasteiger partial charge in [-0.1, -0.05) is 24.3 Å². The molecule has 0 unspecified atom stereocenters. The maximum atomic E-state index is 7.46. The summed E-state index contributed by atoms with van der Waals surface area (Å²) in [5.74, 6) is 0. The fourth-order valence-corrected chi connectivity index (χ4v) is 1.76. The summed E-state index contributed by atoms with van der Waals surface area (Å²) in [5, 5.41) is 4.91. The van der Waals surface area contributed by atoms with Crippen LogP contribution in [-0.4, -0.2) is 0 Å². The van der Waals surface area contributed by atoms with E-state index in [0.717, 1.165) is 5.39 Å². The van der Waals surface area contributed by atoms with E-state index in [4.69, 9.17) is 5.73 Å². The van der Waals surface area contributed by atoms with E-state index in [1.807, 2.05) is 29.6 Å². The van der Waals surface area contributed by atoms with Gasteiger partial charge < -0.3 is 0 Å². The van der Waals surface area contributed by atoms with E-state index in [9.17, 15) is 0 Å². The van der Waals surface area contributed by atoms with Crippen LogP contribution in [0.4, 0.5) is 5.00 Å². The Labute approximate surface area is 63.1 Å². The molecule has 1 aromatic carbocycles. The van der Waals surface area contributed by atoms with Gasteiger partial charge in [-0.05, 0) is 5.39 Å². The summed E-state index contributed by atoms with van der Waals surface area (Å²) in [5.41, 5.74) is 7.46. The van der Waals surface area contributed by atoms with Crippen molar-refractivity contribution in [3.05, 3.63) is 29.6 Å². The molecule has 0 aliphatic rings. The molecule has 0 saturated carbocycles. The molecule has 0 aliphatic heterocycles. The first-order valence-corrected chi connectivity index (χ1v) is 3.94. The number of benzene rings is 1. The van der Waals surface area contributed by atoms with Gasteiger partial charge >= 0.3 is 0 Å². The Morgan fingerprint density at radius 1 is 1.20 bits per heavy atom. The highest BCUT2D eigenvalue weighted by molar-refractivity contribution is 7.15. The van der Waals surface area contributed by atoms with E-state index in [1.54, 1.807) is 0 Å². The minimum atomic E-state index is 0.663. The largest absolute Gasteiger partial charge is 0.290 e. The number of hydrogen-bond acceptors (Lipinski definition) is 1. The average Bonchev–Trinajstić information content (AvgIpc) is 2.34. The van der Waals surface area contributed by atoms with E-state index in [1.165, 1.54) is 16.7 Å². The Kier molecular flexibility index (Phi) is 1.14. The Bertz CT molecular complexity index is 351. The van der Waals surface area contributed by atoms with E-state index in [-0.39, 0.29) is 0 Å². The van der Waals surface area contributed by atoms with Crippen LogP contribution in [-0.2, 0) is 0 Å². The van der Waals surface area contributed by atoms with Crippen LogP contribution in [0.3, 0.4) is 0 Å². The van der Waals surface area contributed by atoms with Gasteiger partial charge in [0.1, 0.15) is 5.00 Å². The zero-order valence-corrected chi connectivity index (χ0v) is 6.11. The maximum Gasteiger partial charge on any atom is 0.115 e. The third kappa shape index (κ3) is 0.693. The maximum absolute atomic E-state index is 7.46. The minimum absolute atomic E-state index is 0.663. The van der Waals surface area contributed by atoms with Gasteiger partial charge in [-0.2, -0.15) is 0 Å². The molecule has 1 heterocycles. The zero-order chi connectivity index (χ0) is 6.97. The van der Waals surface area contributed by atoms with Gasteiger partial charge in [-0.25, -0.2) is 0 Å². The standard InChI is InChI=1S/C8H6NS/c9-8-7-4-2-1-3-6(7)5-10-8/h1-5,9H. The lowest BCUT2D eigenvalue weighted by atomic mass is 10.2. The van der Waals surface area contributed by atoms with Crippen LogP contribution >= 0.6 is 11.3 Å². The van der Waals surface area contributed by atoms with Crippen LogP contribution in [0.1, 0.15) is 0 Å². The Morgan fingerprint density at radius 3 is 2.80 bits per heavy atom. The van der Waals surface area contributed by atoms with Crippen molar-refractivity contribution in [2.75, 3.05) is 0 Å². The van der Waals surface area contributed by atoms with Crippen molar-refractivity contribution in [1.82, 2.24) is 5.73 Å². The molecular weight excluding hydrogens is 142 g/mol. The molecule has 0 aliphatic carbocycles. The van der Waals surface area contributed by atoms with Crippen LogP contribution in [0.15, 0.2) is 29.6 Å². The summed E-state index contributed by atoms with van der Waals surface area (Å²) in [7, 11) is 0. The Hall–Kier alpha value is -1.02. The monoisotopic (exact) mass is 148 g/mol. The van der Waals surface area contributed by atoms with E-state index in [2.05, 4.69) is 0 Å². The average molecular weight is 148 g/mol. The second-order valence-corrected chi connectivity index (χ2v) is 3.03. The predicted octanol–water partition coefficient (Wildman–Crippen LogP) is 2.82. The third-order valence-electron chi connectivity index (χ3n) is 1.51. The van der Waals surface area contributed by atoms with Crippen LogP contribution < -0.4 is 5.73 Å². The summed E-state index contributed by atoms with van der Waals surface area (Å²) in [6, 6.07) is 7.97. The van der Waals surface area contributed by atoms with Crippen molar-refractivity contribution in [3.63, 3.8) is 0 Å². The molecule has 49 valence electrons. The number of thiophene rings is 1. The highest BCUT2D eigenvalue weighted by Crippen LogP contribution is 2.28. The van der Waals surface area contributed by atoms with Gasteiger partial charge in [0, 0.05) is 10.8 Å². The molecule has 1 radical (unpaired) electrons. The fourth-order valence-electron chi connectivity index (χ4n) is 0.992. The molecule has 0 atom stereocenters. The number of nitrogens with one attached hydrogen (secondary N) is 1. The highest BCUT2D eigenvalue weighted by Gasteiger charge is 1.96. The molecule has 0 saturated heterocycles. The van der Waals surface area contributed by atoms with Crippen molar-refractivity contribution in [1.29, 1.82) is 0 Å². The first-order chi connectivity index (χ1) is 4.88. The SMILES string of the molecule is [NH]c1scc2ccccc12. The normalized spacial score (nSPS) is 10.4. The predicted molar refractivity (Wildman–Crippen MR) is 44.6 cm³/mol. The molecule has 2 rings (SSSR count). The van der Waals surface area contributed by atoms with Crippen LogP contribution in [0.2, 0.25) is 0 Å². The number of fused-ring (bicyclic) bond motifs is 1. The van der Waals surface area contributed by atoms with Crippen molar-refractivity contribution >= 4 is 27.1 Å². The van der Waals surface area contributed by atoms with E-state index in [0.29, 0.717) is 5.00 Å². The van der Waals surface area contributed by atoms with Crippen LogP contribution in [0.25, 0.3) is 10.8 Å². The van der Waals surface area contributed by atoms with Gasteiger partial charge in [0.15, 0.2) is 0 Å². The molecule has 1 N–H and O–H groups in total. The summed E-state index contributed by atoms with van der Waals surface area (Å²) in [6.07, 6.45) is 0. The molecule has 1 nitrogen and oxygen atoms in total. The van der Waals surface area contributed by atoms with Gasteiger partial charge in [0.2, 0.25) is 0 Å². The first kappa shape index (κ1) is 5.74. The van der Waals surface area contributed by atoms with Gasteiger partial charge in [0.25, 0.3) is 0 Å². The lowest BCUT2D eigenvalue weighted by Gasteiger charge is -1.86. The van der Waals surface area contributed by atoms with E-state index < -0.39 is 0 Å². The molecule has 0 spiro atoms. The Balaban J connectivity index is 2.93. The summed E-state index contributed by atoms with van der Waals surface area (Å²) in [4.78, 5) is 0. The molecule has 1 aromatic heterocycles. The Morgan fingerprint density at radius 2 is 2.00 bits per heavy atom. The lowest BCUT2D eigenvalue weighted by molar-refractivity contribution is 1.62. The van der Waals surface area contributed by atoms with Crippen molar-refractivity contribution < 1.29 is 0 Å². The zero-order valence-electron chi connectivity index (χ0n) is 5.29. The summed E-state index contributed by atoms with van der Waals surface area (Å²) < 4.78 is 0. The molecule has 0 amide bonds. The van der Waals surface area contributed by atoms with Gasteiger partial charge in [0.05, 0.1) is 0 Å². The topological polar surface area (TPSA) is 23.8 Å². The molecular formula is C8H6NS. The number of rotatable bonds is 0. The molecule has 10 heavy (non-hydrogen) atoms. The minimum Gasteiger partial charge on any atom is -0.290 e. The van der Waals surface area contributed by atoms with E-state index >= 15 is 0 Å². The molecule has 2 heteroatoms. The molecule has 0 bridgehead atoms. The van der Waals surface area contributed by atoms with Gasteiger partial charge in [-0.15, -0.1) is 11.3 Å². The second-order valence-electron chi connectivity index (χ2n) is 2.15. The first-order valence-electron chi connectivity index (χ1n) is 3.06. The molecule has 2 aromatic rings. The van der Waals surface area contributed by atoms with Crippen LogP contribution in [0, 0.1) is 0 Å². The van der Waals surface area contributed by atoms with Gasteiger partial charge in [-0.3, -0.25) is 5.73 Å². The second kappa shape index (κ2) is 1.99. The number of hydrogen-bond donors (Lipinski definition) is 0. The fraction of sp³-hybridized carbons (Fsp3) is 0. The van der Waals surface area contributed by atoms with Crippen molar-refractivity contribution in [3.8, 4) is 0 Å². The smallest absolute Gasteiger partial charge is 0.115 e. The summed E-state index contributed by atoms with van der Waals surface area (Å²) >= 11 is 1.48. The van der Waals surface area contributed by atoms with Crippen molar-refractivity contribution in [2.45, 2.75) is 0 Å². The lowest BCUT2D eigenvalue weighted by Crippen LogP contribution is -1.62. The third-order valence-corrected chi connectivity index (χ3v) is 2.34. The quantitative estimate of drug-likeness (QED) is 0.548.